The molecule has 1 rings (SSSR count). The van der Waals surface area contributed by atoms with E-state index in [9.17, 15) is 4.79 Å². The molecule has 0 aliphatic heterocycles. The van der Waals surface area contributed by atoms with Gasteiger partial charge in [0.2, 0.25) is 0 Å². The van der Waals surface area contributed by atoms with Gasteiger partial charge in [-0.25, -0.2) is 0 Å². The molecule has 4 heteroatoms. The predicted molar refractivity (Wildman–Crippen MR) is 68.7 cm³/mol. The molecule has 0 aliphatic carbocycles. The van der Waals surface area contributed by atoms with E-state index < -0.39 is 6.10 Å². The van der Waals surface area contributed by atoms with Crippen LogP contribution in [0.1, 0.15) is 18.1 Å². The summed E-state index contributed by atoms with van der Waals surface area (Å²) in [7, 11) is 1.52. The van der Waals surface area contributed by atoms with Crippen LogP contribution in [-0.2, 0) is 9.53 Å². The Morgan fingerprint density at radius 3 is 2.56 bits per heavy atom. The minimum absolute atomic E-state index is 0.143. The van der Waals surface area contributed by atoms with Gasteiger partial charge in [0.15, 0.2) is 0 Å². The lowest BCUT2D eigenvalue weighted by atomic mass is 10.1. The van der Waals surface area contributed by atoms with Crippen molar-refractivity contribution in [1.29, 1.82) is 0 Å². The molecule has 88 valence electrons. The van der Waals surface area contributed by atoms with E-state index >= 15 is 0 Å². The van der Waals surface area contributed by atoms with E-state index in [2.05, 4.69) is 21.2 Å². The van der Waals surface area contributed by atoms with Gasteiger partial charge in [-0.15, -0.1) is 0 Å². The van der Waals surface area contributed by atoms with Gasteiger partial charge in [-0.2, -0.15) is 0 Å². The Morgan fingerprint density at radius 1 is 1.44 bits per heavy atom. The summed E-state index contributed by atoms with van der Waals surface area (Å²) in [6, 6.07) is 4.00. The van der Waals surface area contributed by atoms with Crippen molar-refractivity contribution in [2.45, 2.75) is 26.9 Å². The normalized spacial score (nSPS) is 12.3. The maximum absolute atomic E-state index is 11.7. The van der Waals surface area contributed by atoms with Crippen LogP contribution in [0.15, 0.2) is 16.6 Å². The van der Waals surface area contributed by atoms with Crippen molar-refractivity contribution >= 4 is 27.5 Å². The van der Waals surface area contributed by atoms with Crippen LogP contribution in [0.5, 0.6) is 0 Å². The molecule has 3 nitrogen and oxygen atoms in total. The second-order valence-corrected chi connectivity index (χ2v) is 4.66. The largest absolute Gasteiger partial charge is 0.372 e. The van der Waals surface area contributed by atoms with Gasteiger partial charge in [0.1, 0.15) is 6.10 Å². The van der Waals surface area contributed by atoms with Gasteiger partial charge in [-0.1, -0.05) is 6.07 Å². The van der Waals surface area contributed by atoms with Crippen LogP contribution in [0, 0.1) is 13.8 Å². The zero-order valence-electron chi connectivity index (χ0n) is 9.93. The molecule has 1 aromatic rings. The van der Waals surface area contributed by atoms with Crippen molar-refractivity contribution in [3.63, 3.8) is 0 Å². The number of nitrogens with one attached hydrogen (secondary N) is 1. The van der Waals surface area contributed by atoms with Gasteiger partial charge in [-0.05, 0) is 53.9 Å². The molecule has 0 spiro atoms. The van der Waals surface area contributed by atoms with Crippen LogP contribution in [0.3, 0.4) is 0 Å². The molecule has 1 atom stereocenters. The molecular formula is C12H16BrNO2. The summed E-state index contributed by atoms with van der Waals surface area (Å²) in [6.07, 6.45) is -0.451. The Bertz CT molecular complexity index is 381. The standard InChI is InChI=1S/C12H16BrNO2/c1-7-5-8(2)11(10(13)6-7)14-12(15)9(3)16-4/h5-6,9H,1-4H3,(H,14,15). The smallest absolute Gasteiger partial charge is 0.253 e. The van der Waals surface area contributed by atoms with Crippen molar-refractivity contribution < 1.29 is 9.53 Å². The molecule has 1 N–H and O–H groups in total. The monoisotopic (exact) mass is 285 g/mol. The number of anilines is 1. The quantitative estimate of drug-likeness (QED) is 0.927. The molecule has 0 radical (unpaired) electrons. The molecular weight excluding hydrogens is 270 g/mol. The number of hydrogen-bond donors (Lipinski definition) is 1. The molecule has 1 amide bonds. The van der Waals surface area contributed by atoms with Crippen LogP contribution in [-0.4, -0.2) is 19.1 Å². The molecule has 0 fully saturated rings. The molecule has 0 bridgehead atoms. The highest BCUT2D eigenvalue weighted by Crippen LogP contribution is 2.27. The van der Waals surface area contributed by atoms with Crippen LogP contribution in [0.4, 0.5) is 5.69 Å². The number of benzene rings is 1. The van der Waals surface area contributed by atoms with Crippen LogP contribution in [0.2, 0.25) is 0 Å². The highest BCUT2D eigenvalue weighted by atomic mass is 79.9. The number of carbonyl (C=O) groups excluding carboxylic acids is 1. The van der Waals surface area contributed by atoms with Gasteiger partial charge >= 0.3 is 0 Å². The number of rotatable bonds is 3. The first-order chi connectivity index (χ1) is 7.45. The van der Waals surface area contributed by atoms with Crippen molar-refractivity contribution in [2.24, 2.45) is 0 Å². The average molecular weight is 286 g/mol. The Morgan fingerprint density at radius 2 is 2.06 bits per heavy atom. The summed E-state index contributed by atoms with van der Waals surface area (Å²) in [6.45, 7) is 5.69. The van der Waals surface area contributed by atoms with Gasteiger partial charge < -0.3 is 10.1 Å². The molecule has 16 heavy (non-hydrogen) atoms. The molecule has 0 aromatic heterocycles. The highest BCUT2D eigenvalue weighted by molar-refractivity contribution is 9.10. The Kier molecular flexibility index (Phi) is 4.50. The molecule has 1 unspecified atom stereocenters. The van der Waals surface area contributed by atoms with Crippen LogP contribution in [0.25, 0.3) is 0 Å². The van der Waals surface area contributed by atoms with Gasteiger partial charge in [0, 0.05) is 11.6 Å². The third kappa shape index (κ3) is 3.06. The molecule has 1 aromatic carbocycles. The van der Waals surface area contributed by atoms with E-state index in [0.29, 0.717) is 0 Å². The number of hydrogen-bond acceptors (Lipinski definition) is 2. The first-order valence-electron chi connectivity index (χ1n) is 5.06. The van der Waals surface area contributed by atoms with Gasteiger partial charge in [0.05, 0.1) is 5.69 Å². The fraction of sp³-hybridized carbons (Fsp3) is 0.417. The molecule has 0 saturated heterocycles. The van der Waals surface area contributed by atoms with Crippen molar-refractivity contribution in [3.05, 3.63) is 27.7 Å². The summed E-state index contributed by atoms with van der Waals surface area (Å²) in [5, 5.41) is 2.85. The first-order valence-corrected chi connectivity index (χ1v) is 5.85. The second kappa shape index (κ2) is 5.46. The summed E-state index contributed by atoms with van der Waals surface area (Å²) < 4.78 is 5.85. The zero-order chi connectivity index (χ0) is 12.3. The Balaban J connectivity index is 2.93. The zero-order valence-corrected chi connectivity index (χ0v) is 11.5. The lowest BCUT2D eigenvalue weighted by Crippen LogP contribution is -2.27. The van der Waals surface area contributed by atoms with E-state index in [0.717, 1.165) is 21.3 Å². The van der Waals surface area contributed by atoms with Crippen LogP contribution >= 0.6 is 15.9 Å². The van der Waals surface area contributed by atoms with Gasteiger partial charge in [-0.3, -0.25) is 4.79 Å². The maximum Gasteiger partial charge on any atom is 0.253 e. The van der Waals surface area contributed by atoms with Gasteiger partial charge in [0.25, 0.3) is 5.91 Å². The summed E-state index contributed by atoms with van der Waals surface area (Å²) >= 11 is 3.44. The van der Waals surface area contributed by atoms with Crippen molar-refractivity contribution in [2.75, 3.05) is 12.4 Å². The minimum Gasteiger partial charge on any atom is -0.372 e. The predicted octanol–water partition coefficient (Wildman–Crippen LogP) is 3.04. The lowest BCUT2D eigenvalue weighted by molar-refractivity contribution is -0.124. The van der Waals surface area contributed by atoms with E-state index in [1.807, 2.05) is 26.0 Å². The summed E-state index contributed by atoms with van der Waals surface area (Å²) in [5.41, 5.74) is 2.99. The number of aryl methyl sites for hydroxylation is 2. The third-order valence-electron chi connectivity index (χ3n) is 2.40. The second-order valence-electron chi connectivity index (χ2n) is 3.81. The number of halogens is 1. The van der Waals surface area contributed by atoms with E-state index in [1.54, 1.807) is 6.92 Å². The fourth-order valence-corrected chi connectivity index (χ4v) is 2.18. The maximum atomic E-state index is 11.7. The topological polar surface area (TPSA) is 38.3 Å². The Labute approximate surface area is 104 Å². The third-order valence-corrected chi connectivity index (χ3v) is 3.03. The van der Waals surface area contributed by atoms with E-state index in [1.165, 1.54) is 7.11 Å². The van der Waals surface area contributed by atoms with E-state index in [-0.39, 0.29) is 5.91 Å². The van der Waals surface area contributed by atoms with E-state index in [4.69, 9.17) is 4.74 Å². The lowest BCUT2D eigenvalue weighted by Gasteiger charge is -2.14. The number of ether oxygens (including phenoxy) is 1. The van der Waals surface area contributed by atoms with Crippen molar-refractivity contribution in [3.8, 4) is 0 Å². The molecule has 0 heterocycles. The average Bonchev–Trinajstić information content (AvgIpc) is 2.21. The highest BCUT2D eigenvalue weighted by Gasteiger charge is 2.14. The van der Waals surface area contributed by atoms with Crippen LogP contribution < -0.4 is 5.32 Å². The SMILES string of the molecule is COC(C)C(=O)Nc1c(C)cc(C)cc1Br. The summed E-state index contributed by atoms with van der Waals surface area (Å²) in [5.74, 6) is -0.143. The number of methoxy groups -OCH3 is 1. The van der Waals surface area contributed by atoms with Crippen molar-refractivity contribution in [1.82, 2.24) is 0 Å². The fourth-order valence-electron chi connectivity index (χ4n) is 1.41. The number of amides is 1. The summed E-state index contributed by atoms with van der Waals surface area (Å²) in [4.78, 5) is 11.7. The Hall–Kier alpha value is -0.870. The first kappa shape index (κ1) is 13.2. The molecule has 0 aliphatic rings. The minimum atomic E-state index is -0.451. The molecule has 0 saturated carbocycles. The number of carbonyl (C=O) groups is 1.